The van der Waals surface area contributed by atoms with Gasteiger partial charge >= 0.3 is 6.01 Å². The van der Waals surface area contributed by atoms with Crippen LogP contribution in [0.15, 0.2) is 4.42 Å². The summed E-state index contributed by atoms with van der Waals surface area (Å²) in [5.74, 6) is 4.60. The summed E-state index contributed by atoms with van der Waals surface area (Å²) in [6.07, 6.45) is 11.8. The van der Waals surface area contributed by atoms with Crippen LogP contribution in [-0.2, 0) is 10.8 Å². The van der Waals surface area contributed by atoms with E-state index in [4.69, 9.17) is 14.6 Å². The van der Waals surface area contributed by atoms with Gasteiger partial charge in [-0.05, 0) is 122 Å². The number of aromatic nitrogens is 2. The van der Waals surface area contributed by atoms with E-state index >= 15 is 0 Å². The van der Waals surface area contributed by atoms with Gasteiger partial charge in [0.1, 0.15) is 0 Å². The lowest BCUT2D eigenvalue weighted by atomic mass is 9.41. The Kier molecular flexibility index (Phi) is 8.14. The van der Waals surface area contributed by atoms with Gasteiger partial charge in [0.05, 0.1) is 6.10 Å². The number of nitrogen functional groups attached to an aromatic ring is 1. The molecule has 0 saturated heterocycles. The SMILES string of the molecule is CC[C@@H]1C2CC(O[Si](C)(C)C(C)(C)C)CCC2(C)[C@H]2CCC3(C)C([C@H](C)CCc4nnc(N)o4)CC[C@H]3[C@@H]2[C@@H]1O. The van der Waals surface area contributed by atoms with Gasteiger partial charge in [-0.25, -0.2) is 0 Å². The quantitative estimate of drug-likeness (QED) is 0.322. The number of rotatable bonds is 7. The molecule has 4 aliphatic rings. The van der Waals surface area contributed by atoms with Gasteiger partial charge in [0.2, 0.25) is 5.89 Å². The molecule has 5 rings (SSSR count). The minimum absolute atomic E-state index is 0.165. The summed E-state index contributed by atoms with van der Waals surface area (Å²) in [7, 11) is -1.81. The minimum atomic E-state index is -1.81. The summed E-state index contributed by atoms with van der Waals surface area (Å²) in [6, 6.07) is 0.165. The van der Waals surface area contributed by atoms with Crippen molar-refractivity contribution in [1.82, 2.24) is 10.2 Å². The molecule has 7 heteroatoms. The number of nitrogens with zero attached hydrogens (tertiary/aromatic N) is 2. The molecular formula is C33H59N3O3Si. The molecule has 3 N–H and O–H groups in total. The monoisotopic (exact) mass is 573 g/mol. The third kappa shape index (κ3) is 5.02. The van der Waals surface area contributed by atoms with Gasteiger partial charge in [-0.15, -0.1) is 5.10 Å². The Bertz CT molecular complexity index is 1040. The molecule has 0 spiro atoms. The van der Waals surface area contributed by atoms with Crippen LogP contribution in [0.3, 0.4) is 0 Å². The zero-order valence-corrected chi connectivity index (χ0v) is 28.0. The highest BCUT2D eigenvalue weighted by molar-refractivity contribution is 6.74. The number of aliphatic hydroxyl groups excluding tert-OH is 1. The van der Waals surface area contributed by atoms with Crippen molar-refractivity contribution < 1.29 is 13.9 Å². The smallest absolute Gasteiger partial charge is 0.312 e. The highest BCUT2D eigenvalue weighted by Crippen LogP contribution is 2.69. The second-order valence-corrected chi connectivity index (χ2v) is 21.3. The molecule has 0 bridgehead atoms. The Morgan fingerprint density at radius 3 is 2.35 bits per heavy atom. The third-order valence-electron chi connectivity index (χ3n) is 13.7. The maximum atomic E-state index is 12.2. The van der Waals surface area contributed by atoms with Gasteiger partial charge in [-0.3, -0.25) is 0 Å². The first-order valence-corrected chi connectivity index (χ1v) is 19.5. The van der Waals surface area contributed by atoms with Gasteiger partial charge in [0.25, 0.3) is 0 Å². The van der Waals surface area contributed by atoms with E-state index in [1.54, 1.807) is 0 Å². The maximum absolute atomic E-state index is 12.2. The van der Waals surface area contributed by atoms with Crippen molar-refractivity contribution in [3.63, 3.8) is 0 Å². The fourth-order valence-electron chi connectivity index (χ4n) is 10.5. The summed E-state index contributed by atoms with van der Waals surface area (Å²) in [5, 5.41) is 20.4. The normalized spacial score (nSPS) is 42.6. The molecule has 11 atom stereocenters. The lowest BCUT2D eigenvalue weighted by Crippen LogP contribution is -2.62. The Hall–Kier alpha value is -0.923. The standard InChI is InChI=1S/C33H59N3O3Si/c1-10-22-26-19-21(39-40(8,9)31(3,4)5)15-17-33(26,7)25-16-18-32(6)23(12-13-24(32)28(25)29(22)37)20(2)11-14-27-35-36-30(34)38-27/h20-26,28-29,37H,10-19H2,1-9H3,(H2,34,36)/t20-,21?,22-,23?,24+,25+,26?,28+,29-,32?,33?/m1/s1. The van der Waals surface area contributed by atoms with Crippen LogP contribution in [0.25, 0.3) is 0 Å². The summed E-state index contributed by atoms with van der Waals surface area (Å²) in [5.41, 5.74) is 6.28. The fourth-order valence-corrected chi connectivity index (χ4v) is 11.9. The first kappa shape index (κ1) is 30.5. The van der Waals surface area contributed by atoms with Gasteiger partial charge in [-0.2, -0.15) is 0 Å². The molecule has 228 valence electrons. The van der Waals surface area contributed by atoms with Crippen LogP contribution >= 0.6 is 0 Å². The second-order valence-electron chi connectivity index (χ2n) is 16.5. The van der Waals surface area contributed by atoms with Gasteiger partial charge in [0.15, 0.2) is 8.32 Å². The first-order chi connectivity index (χ1) is 18.6. The Morgan fingerprint density at radius 1 is 1.05 bits per heavy atom. The van der Waals surface area contributed by atoms with E-state index in [1.807, 2.05) is 0 Å². The number of aryl methyl sites for hydroxylation is 1. The molecule has 1 aromatic heterocycles. The highest BCUT2D eigenvalue weighted by atomic mass is 28.4. The second kappa shape index (κ2) is 10.7. The van der Waals surface area contributed by atoms with E-state index < -0.39 is 8.32 Å². The van der Waals surface area contributed by atoms with Crippen molar-refractivity contribution in [3.8, 4) is 0 Å². The van der Waals surface area contributed by atoms with Crippen molar-refractivity contribution in [3.05, 3.63) is 5.89 Å². The minimum Gasteiger partial charge on any atom is -0.414 e. The lowest BCUT2D eigenvalue weighted by Gasteiger charge is -2.65. The van der Waals surface area contributed by atoms with Crippen LogP contribution in [0.4, 0.5) is 6.01 Å². The highest BCUT2D eigenvalue weighted by Gasteiger charge is 2.65. The number of hydrogen-bond donors (Lipinski definition) is 2. The number of aliphatic hydroxyl groups is 1. The van der Waals surface area contributed by atoms with E-state index in [0.29, 0.717) is 64.3 Å². The fraction of sp³-hybridized carbons (Fsp3) is 0.939. The van der Waals surface area contributed by atoms with E-state index in [-0.39, 0.29) is 17.2 Å². The predicted octanol–water partition coefficient (Wildman–Crippen LogP) is 7.88. The average Bonchev–Trinajstić information content (AvgIpc) is 3.45. The lowest BCUT2D eigenvalue weighted by molar-refractivity contribution is -0.202. The molecule has 4 fully saturated rings. The summed E-state index contributed by atoms with van der Waals surface area (Å²) < 4.78 is 12.5. The maximum Gasteiger partial charge on any atom is 0.312 e. The molecule has 0 aliphatic heterocycles. The van der Waals surface area contributed by atoms with Crippen LogP contribution in [-0.4, -0.2) is 35.8 Å². The molecule has 1 aromatic rings. The number of anilines is 1. The van der Waals surface area contributed by atoms with Crippen LogP contribution in [0.5, 0.6) is 0 Å². The summed E-state index contributed by atoms with van der Waals surface area (Å²) in [4.78, 5) is 0. The molecule has 0 amide bonds. The van der Waals surface area contributed by atoms with Crippen LogP contribution < -0.4 is 5.73 Å². The van der Waals surface area contributed by atoms with Crippen LogP contribution in [0.1, 0.15) is 112 Å². The Balaban J connectivity index is 1.33. The van der Waals surface area contributed by atoms with Crippen LogP contribution in [0.2, 0.25) is 18.1 Å². The number of fused-ring (bicyclic) bond motifs is 5. The number of hydrogen-bond acceptors (Lipinski definition) is 6. The Morgan fingerprint density at radius 2 is 1.73 bits per heavy atom. The van der Waals surface area contributed by atoms with Gasteiger partial charge in [-0.1, -0.05) is 60.0 Å². The van der Waals surface area contributed by atoms with Crippen molar-refractivity contribution >= 4 is 14.3 Å². The molecule has 0 radical (unpaired) electrons. The van der Waals surface area contributed by atoms with Crippen molar-refractivity contribution in [2.24, 2.45) is 52.3 Å². The topological polar surface area (TPSA) is 94.4 Å². The zero-order chi connectivity index (χ0) is 29.3. The van der Waals surface area contributed by atoms with E-state index in [0.717, 1.165) is 25.7 Å². The van der Waals surface area contributed by atoms with Crippen molar-refractivity contribution in [2.45, 2.75) is 143 Å². The van der Waals surface area contributed by atoms with Gasteiger partial charge < -0.3 is 19.7 Å². The van der Waals surface area contributed by atoms with E-state index in [2.05, 4.69) is 71.8 Å². The van der Waals surface area contributed by atoms with E-state index in [9.17, 15) is 5.11 Å². The van der Waals surface area contributed by atoms with Crippen molar-refractivity contribution in [2.75, 3.05) is 5.73 Å². The molecule has 1 heterocycles. The summed E-state index contributed by atoms with van der Waals surface area (Å²) >= 11 is 0. The van der Waals surface area contributed by atoms with Crippen molar-refractivity contribution in [1.29, 1.82) is 0 Å². The molecule has 6 nitrogen and oxygen atoms in total. The van der Waals surface area contributed by atoms with Crippen LogP contribution in [0, 0.1) is 52.3 Å². The number of nitrogens with two attached hydrogens (primary N) is 1. The first-order valence-electron chi connectivity index (χ1n) is 16.6. The largest absolute Gasteiger partial charge is 0.414 e. The predicted molar refractivity (Wildman–Crippen MR) is 164 cm³/mol. The van der Waals surface area contributed by atoms with E-state index in [1.165, 1.54) is 38.5 Å². The summed E-state index contributed by atoms with van der Waals surface area (Å²) in [6.45, 7) is 21.8. The average molecular weight is 574 g/mol. The third-order valence-corrected chi connectivity index (χ3v) is 18.2. The van der Waals surface area contributed by atoms with Gasteiger partial charge in [0, 0.05) is 12.5 Å². The zero-order valence-electron chi connectivity index (χ0n) is 27.0. The molecule has 4 aliphatic carbocycles. The molecule has 40 heavy (non-hydrogen) atoms. The molecule has 0 aromatic carbocycles. The molecular weight excluding hydrogens is 514 g/mol. The molecule has 4 saturated carbocycles. The molecule has 5 unspecified atom stereocenters. The Labute approximate surface area is 245 Å².